The number of nitrogens with zero attached hydrogens (tertiary/aromatic N) is 3. The average Bonchev–Trinajstić information content (AvgIpc) is 2.43. The quantitative estimate of drug-likeness (QED) is 0.816. The number of aryl methyl sites for hydroxylation is 1. The van der Waals surface area contributed by atoms with Gasteiger partial charge in [-0.05, 0) is 18.4 Å². The van der Waals surface area contributed by atoms with Crippen LogP contribution in [-0.2, 0) is 12.8 Å². The maximum atomic E-state index is 13.1. The summed E-state index contributed by atoms with van der Waals surface area (Å²) >= 11 is 0. The van der Waals surface area contributed by atoms with Crippen LogP contribution in [0.15, 0.2) is 0 Å². The van der Waals surface area contributed by atoms with Crippen molar-refractivity contribution in [2.45, 2.75) is 32.6 Å². The van der Waals surface area contributed by atoms with Gasteiger partial charge in [0.2, 0.25) is 0 Å². The van der Waals surface area contributed by atoms with E-state index in [1.54, 1.807) is 0 Å². The van der Waals surface area contributed by atoms with E-state index in [0.29, 0.717) is 12.8 Å². The van der Waals surface area contributed by atoms with Gasteiger partial charge in [0, 0.05) is 0 Å². The predicted octanol–water partition coefficient (Wildman–Crippen LogP) is 1.48. The van der Waals surface area contributed by atoms with E-state index in [-0.39, 0.29) is 11.4 Å². The summed E-state index contributed by atoms with van der Waals surface area (Å²) in [4.78, 5) is 0. The molecule has 3 N–H and O–H groups in total. The zero-order valence-electron chi connectivity index (χ0n) is 11.0. The molecule has 7 heteroatoms. The minimum atomic E-state index is -3.04. The number of anilines is 1. The zero-order valence-corrected chi connectivity index (χ0v) is 11.0. The van der Waals surface area contributed by atoms with Crippen LogP contribution in [0.4, 0.5) is 14.6 Å². The lowest BCUT2D eigenvalue weighted by molar-refractivity contribution is 0.0253. The Hall–Kier alpha value is -1.81. The lowest BCUT2D eigenvalue weighted by Gasteiger charge is -2.16. The number of nitrogens with one attached hydrogen (secondary N) is 1. The van der Waals surface area contributed by atoms with Crippen molar-refractivity contribution in [2.24, 2.45) is 5.73 Å². The van der Waals surface area contributed by atoms with Gasteiger partial charge in [-0.25, -0.2) is 8.78 Å². The smallest absolute Gasteiger partial charge is 0.276 e. The third kappa shape index (κ3) is 3.58. The molecule has 0 saturated heterocycles. The zero-order chi connectivity index (χ0) is 14.5. The van der Waals surface area contributed by atoms with Crippen LogP contribution < -0.4 is 11.1 Å². The molecule has 0 amide bonds. The number of hydrogen-bond acceptors (Lipinski definition) is 5. The highest BCUT2D eigenvalue weighted by atomic mass is 19.3. The first kappa shape index (κ1) is 15.2. The van der Waals surface area contributed by atoms with Crippen LogP contribution in [0, 0.1) is 11.3 Å². The van der Waals surface area contributed by atoms with Gasteiger partial charge >= 0.3 is 0 Å². The van der Waals surface area contributed by atoms with Gasteiger partial charge in [-0.15, -0.1) is 5.10 Å². The lowest BCUT2D eigenvalue weighted by atomic mass is 10.0. The minimum Gasteiger partial charge on any atom is -0.361 e. The molecule has 0 aromatic carbocycles. The fraction of sp³-hybridized carbons (Fsp3) is 0.583. The molecule has 0 aliphatic rings. The molecule has 19 heavy (non-hydrogen) atoms. The predicted molar refractivity (Wildman–Crippen MR) is 68.0 cm³/mol. The fourth-order valence-electron chi connectivity index (χ4n) is 1.70. The van der Waals surface area contributed by atoms with Crippen LogP contribution in [0.3, 0.4) is 0 Å². The van der Waals surface area contributed by atoms with E-state index < -0.39 is 19.0 Å². The molecular formula is C12H17F2N5. The molecule has 1 aromatic rings. The second-order valence-electron chi connectivity index (χ2n) is 4.08. The van der Waals surface area contributed by atoms with Crippen molar-refractivity contribution in [3.05, 3.63) is 16.8 Å². The highest BCUT2D eigenvalue weighted by Crippen LogP contribution is 2.21. The van der Waals surface area contributed by atoms with Gasteiger partial charge in [0.1, 0.15) is 11.6 Å². The standard InChI is InChI=1S/C12H17F2N5/c1-3-8-9(5-15)11(19-18-10(8)4-2)17-7-12(13,14)6-16/h3-4,6-7,16H2,1-2H3,(H,17,19). The van der Waals surface area contributed by atoms with Gasteiger partial charge in [0.25, 0.3) is 5.92 Å². The van der Waals surface area contributed by atoms with Crippen molar-refractivity contribution >= 4 is 5.82 Å². The molecule has 0 aliphatic heterocycles. The molecule has 0 bridgehead atoms. The van der Waals surface area contributed by atoms with Crippen molar-refractivity contribution in [1.29, 1.82) is 5.26 Å². The van der Waals surface area contributed by atoms with E-state index in [1.807, 2.05) is 19.9 Å². The molecule has 0 aliphatic carbocycles. The second-order valence-corrected chi connectivity index (χ2v) is 4.08. The summed E-state index contributed by atoms with van der Waals surface area (Å²) in [5, 5.41) is 19.4. The van der Waals surface area contributed by atoms with Gasteiger partial charge in [-0.2, -0.15) is 10.4 Å². The number of aromatic nitrogens is 2. The van der Waals surface area contributed by atoms with E-state index in [9.17, 15) is 8.78 Å². The minimum absolute atomic E-state index is 0.0877. The van der Waals surface area contributed by atoms with Crippen LogP contribution in [0.1, 0.15) is 30.7 Å². The van der Waals surface area contributed by atoms with Gasteiger partial charge in [0.15, 0.2) is 5.82 Å². The van der Waals surface area contributed by atoms with Crippen LogP contribution >= 0.6 is 0 Å². The number of nitrogens with two attached hydrogens (primary N) is 1. The molecule has 5 nitrogen and oxygen atoms in total. The molecule has 0 fully saturated rings. The third-order valence-electron chi connectivity index (χ3n) is 2.77. The fourth-order valence-corrected chi connectivity index (χ4v) is 1.70. The Morgan fingerprint density at radius 2 is 2.00 bits per heavy atom. The van der Waals surface area contributed by atoms with E-state index in [0.717, 1.165) is 11.3 Å². The molecule has 0 spiro atoms. The average molecular weight is 269 g/mol. The maximum Gasteiger partial charge on any atom is 0.276 e. The Labute approximate surface area is 110 Å². The van der Waals surface area contributed by atoms with Crippen LogP contribution in [0.25, 0.3) is 0 Å². The molecule has 0 radical (unpaired) electrons. The van der Waals surface area contributed by atoms with Gasteiger partial charge in [-0.3, -0.25) is 0 Å². The second kappa shape index (κ2) is 6.38. The molecular weight excluding hydrogens is 252 g/mol. The van der Waals surface area contributed by atoms with Crippen molar-refractivity contribution < 1.29 is 8.78 Å². The number of alkyl halides is 2. The number of hydrogen-bond donors (Lipinski definition) is 2. The summed E-state index contributed by atoms with van der Waals surface area (Å²) in [7, 11) is 0. The molecule has 1 aromatic heterocycles. The van der Waals surface area contributed by atoms with E-state index in [2.05, 4.69) is 15.5 Å². The molecule has 104 valence electrons. The topological polar surface area (TPSA) is 87.6 Å². The summed E-state index contributed by atoms with van der Waals surface area (Å²) in [6.07, 6.45) is 1.24. The summed E-state index contributed by atoms with van der Waals surface area (Å²) in [5.74, 6) is -2.95. The van der Waals surface area contributed by atoms with Gasteiger partial charge < -0.3 is 11.1 Å². The molecule has 0 saturated carbocycles. The first-order valence-corrected chi connectivity index (χ1v) is 6.09. The number of nitriles is 1. The van der Waals surface area contributed by atoms with Crippen LogP contribution in [0.5, 0.6) is 0 Å². The van der Waals surface area contributed by atoms with E-state index in [4.69, 9.17) is 11.0 Å². The van der Waals surface area contributed by atoms with Crippen molar-refractivity contribution in [2.75, 3.05) is 18.4 Å². The van der Waals surface area contributed by atoms with Crippen molar-refractivity contribution in [1.82, 2.24) is 10.2 Å². The first-order valence-electron chi connectivity index (χ1n) is 6.09. The van der Waals surface area contributed by atoms with Crippen LogP contribution in [0.2, 0.25) is 0 Å². The monoisotopic (exact) mass is 269 g/mol. The highest BCUT2D eigenvalue weighted by Gasteiger charge is 2.27. The largest absolute Gasteiger partial charge is 0.361 e. The highest BCUT2D eigenvalue weighted by molar-refractivity contribution is 5.56. The molecule has 1 rings (SSSR count). The Morgan fingerprint density at radius 3 is 2.47 bits per heavy atom. The molecule has 0 atom stereocenters. The van der Waals surface area contributed by atoms with Gasteiger partial charge in [0.05, 0.1) is 18.8 Å². The van der Waals surface area contributed by atoms with E-state index >= 15 is 0 Å². The van der Waals surface area contributed by atoms with Gasteiger partial charge in [-0.1, -0.05) is 13.8 Å². The van der Waals surface area contributed by atoms with Crippen LogP contribution in [-0.4, -0.2) is 29.2 Å². The lowest BCUT2D eigenvalue weighted by Crippen LogP contribution is -2.35. The maximum absolute atomic E-state index is 13.1. The summed E-state index contributed by atoms with van der Waals surface area (Å²) in [5.41, 5.74) is 6.70. The molecule has 1 heterocycles. The van der Waals surface area contributed by atoms with Crippen molar-refractivity contribution in [3.8, 4) is 6.07 Å². The Bertz CT molecular complexity index is 482. The summed E-state index contributed by atoms with van der Waals surface area (Å²) in [6, 6.07) is 2.00. The summed E-state index contributed by atoms with van der Waals surface area (Å²) < 4.78 is 26.2. The third-order valence-corrected chi connectivity index (χ3v) is 2.77. The first-order chi connectivity index (χ1) is 8.99. The Kier molecular flexibility index (Phi) is 5.12. The summed E-state index contributed by atoms with van der Waals surface area (Å²) in [6.45, 7) is 2.36. The van der Waals surface area contributed by atoms with E-state index in [1.165, 1.54) is 0 Å². The Morgan fingerprint density at radius 1 is 1.32 bits per heavy atom. The SMILES string of the molecule is CCc1nnc(NCC(F)(F)CN)c(C#N)c1CC. The Balaban J connectivity index is 3.06. The van der Waals surface area contributed by atoms with Crippen molar-refractivity contribution in [3.63, 3.8) is 0 Å². The number of rotatable bonds is 6. The number of halogens is 2. The normalized spacial score (nSPS) is 11.2. The molecule has 0 unspecified atom stereocenters.